The van der Waals surface area contributed by atoms with Gasteiger partial charge < -0.3 is 10.4 Å². The molecule has 8 nitrogen and oxygen atoms in total. The summed E-state index contributed by atoms with van der Waals surface area (Å²) in [5.74, 6) is -4.69. The Hall–Kier alpha value is -4.57. The van der Waals surface area contributed by atoms with Crippen LogP contribution in [0.4, 0.5) is 37.7 Å². The predicted molar refractivity (Wildman–Crippen MR) is 156 cm³/mol. The van der Waals surface area contributed by atoms with Gasteiger partial charge in [-0.05, 0) is 54.1 Å². The lowest BCUT2D eigenvalue weighted by Gasteiger charge is -2.30. The average molecular weight is 680 g/mol. The van der Waals surface area contributed by atoms with Crippen LogP contribution in [0.1, 0.15) is 27.5 Å². The van der Waals surface area contributed by atoms with Crippen LogP contribution in [-0.2, 0) is 33.3 Å². The molecule has 2 aliphatic heterocycles. The summed E-state index contributed by atoms with van der Waals surface area (Å²) < 4.78 is 80.9. The van der Waals surface area contributed by atoms with Crippen molar-refractivity contribution in [1.29, 1.82) is 0 Å². The van der Waals surface area contributed by atoms with E-state index in [1.807, 2.05) is 0 Å². The number of phenols is 1. The summed E-state index contributed by atoms with van der Waals surface area (Å²) in [6, 6.07) is 13.3. The van der Waals surface area contributed by atoms with Crippen LogP contribution in [-0.4, -0.2) is 32.6 Å². The molecule has 2 N–H and O–H groups in total. The van der Waals surface area contributed by atoms with E-state index in [-0.39, 0.29) is 22.2 Å². The zero-order chi connectivity index (χ0) is 33.1. The monoisotopic (exact) mass is 679 g/mol. The molecule has 0 saturated carbocycles. The Labute approximate surface area is 263 Å². The third-order valence-corrected chi connectivity index (χ3v) is 10.1. The van der Waals surface area contributed by atoms with Gasteiger partial charge in [0.25, 0.3) is 0 Å². The maximum absolute atomic E-state index is 13.9. The molecule has 6 rings (SSSR count). The number of nitrogens with zero attached hydrogens (tertiary/aromatic N) is 2. The van der Waals surface area contributed by atoms with Gasteiger partial charge in [0.2, 0.25) is 17.7 Å². The molecule has 1 aromatic heterocycles. The fourth-order valence-electron chi connectivity index (χ4n) is 5.49. The Balaban J connectivity index is 1.38. The zero-order valence-electron chi connectivity index (χ0n) is 22.9. The van der Waals surface area contributed by atoms with Crippen LogP contribution in [0.25, 0.3) is 0 Å². The molecule has 1 saturated heterocycles. The lowest BCUT2D eigenvalue weighted by atomic mass is 9.83. The number of thioether (sulfide) groups is 1. The van der Waals surface area contributed by atoms with Crippen LogP contribution in [0.15, 0.2) is 82.6 Å². The number of hydrogen-bond acceptors (Lipinski definition) is 7. The summed E-state index contributed by atoms with van der Waals surface area (Å²) in [6.07, 6.45) is -9.40. The van der Waals surface area contributed by atoms with E-state index in [2.05, 4.69) is 5.32 Å². The van der Waals surface area contributed by atoms with E-state index in [0.29, 0.717) is 32.7 Å². The van der Waals surface area contributed by atoms with Crippen LogP contribution >= 0.6 is 23.1 Å². The van der Waals surface area contributed by atoms with E-state index in [4.69, 9.17) is 0 Å². The van der Waals surface area contributed by atoms with Crippen molar-refractivity contribution in [3.8, 4) is 5.75 Å². The van der Waals surface area contributed by atoms with Gasteiger partial charge in [-0.25, -0.2) is 4.90 Å². The number of carbonyl (C=O) groups is 3. The summed E-state index contributed by atoms with van der Waals surface area (Å²) >= 11 is 1.51. The second-order valence-electron chi connectivity index (χ2n) is 10.4. The molecule has 3 amide bonds. The molecular weight excluding hydrogens is 660 g/mol. The molecule has 238 valence electrons. The smallest absolute Gasteiger partial charge is 0.416 e. The molecule has 2 aliphatic rings. The van der Waals surface area contributed by atoms with Gasteiger partial charge in [0, 0.05) is 16.5 Å². The van der Waals surface area contributed by atoms with E-state index < -0.39 is 69.7 Å². The van der Waals surface area contributed by atoms with Crippen LogP contribution in [0.2, 0.25) is 0 Å². The van der Waals surface area contributed by atoms with Gasteiger partial charge >= 0.3 is 17.2 Å². The maximum Gasteiger partial charge on any atom is 0.416 e. The van der Waals surface area contributed by atoms with Crippen LogP contribution in [0.5, 0.6) is 5.75 Å². The normalized spacial score (nSPS) is 19.6. The van der Waals surface area contributed by atoms with Crippen molar-refractivity contribution in [2.24, 2.45) is 5.92 Å². The number of anilines is 2. The first-order valence-electron chi connectivity index (χ1n) is 13.3. The van der Waals surface area contributed by atoms with E-state index in [0.717, 1.165) is 46.7 Å². The molecule has 46 heavy (non-hydrogen) atoms. The second kappa shape index (κ2) is 11.3. The number of thiazole rings is 1. The van der Waals surface area contributed by atoms with Crippen molar-refractivity contribution in [2.45, 2.75) is 35.1 Å². The number of aromatic nitrogens is 1. The van der Waals surface area contributed by atoms with E-state index in [9.17, 15) is 50.6 Å². The Morgan fingerprint density at radius 2 is 1.48 bits per heavy atom. The Morgan fingerprint density at radius 3 is 2.13 bits per heavy atom. The minimum atomic E-state index is -4.74. The first kappa shape index (κ1) is 31.4. The van der Waals surface area contributed by atoms with Gasteiger partial charge in [-0.1, -0.05) is 47.4 Å². The molecule has 16 heteroatoms. The number of benzene rings is 3. The minimum Gasteiger partial charge on any atom is -0.508 e. The average Bonchev–Trinajstić information content (AvgIpc) is 3.43. The van der Waals surface area contributed by atoms with E-state index in [1.54, 1.807) is 0 Å². The Morgan fingerprint density at radius 1 is 0.848 bits per heavy atom. The van der Waals surface area contributed by atoms with E-state index in [1.165, 1.54) is 36.4 Å². The quantitative estimate of drug-likeness (QED) is 0.195. The fourth-order valence-corrected chi connectivity index (χ4v) is 8.26. The number of fused-ring (bicyclic) bond motifs is 2. The summed E-state index contributed by atoms with van der Waals surface area (Å²) in [5, 5.41) is 11.1. The lowest BCUT2D eigenvalue weighted by molar-refractivity contribution is -0.138. The van der Waals surface area contributed by atoms with Gasteiger partial charge in [0.15, 0.2) is 0 Å². The number of nitrogens with one attached hydrogen (secondary N) is 1. The first-order valence-corrected chi connectivity index (χ1v) is 15.0. The molecule has 3 aromatic carbocycles. The third kappa shape index (κ3) is 5.66. The SMILES string of the molecule is O=C(Cn1c2c(sc1=O)[C@@H](c1ccc(O)cc1)C1C(=O)N(c3cccc(C(F)(F)F)c3)C(=O)C1S2)Nc1cccc(C(F)(F)F)c1. The number of amides is 3. The summed E-state index contributed by atoms with van der Waals surface area (Å²) in [7, 11) is 0. The molecule has 2 unspecified atom stereocenters. The zero-order valence-corrected chi connectivity index (χ0v) is 24.6. The molecule has 1 fully saturated rings. The number of phenolic OH excluding ortho intramolecular Hbond substituents is 1. The summed E-state index contributed by atoms with van der Waals surface area (Å²) in [5.41, 5.74) is -2.10. The van der Waals surface area contributed by atoms with Gasteiger partial charge in [-0.15, -0.1) is 0 Å². The van der Waals surface area contributed by atoms with Crippen LogP contribution in [0.3, 0.4) is 0 Å². The predicted octanol–water partition coefficient (Wildman–Crippen LogP) is 6.09. The van der Waals surface area contributed by atoms with Crippen molar-refractivity contribution in [1.82, 2.24) is 4.57 Å². The van der Waals surface area contributed by atoms with Gasteiger partial charge in [-0.3, -0.25) is 23.7 Å². The van der Waals surface area contributed by atoms with Gasteiger partial charge in [-0.2, -0.15) is 26.3 Å². The number of carbonyl (C=O) groups excluding carboxylic acids is 3. The highest BCUT2D eigenvalue weighted by atomic mass is 32.2. The molecule has 3 heterocycles. The van der Waals surface area contributed by atoms with E-state index >= 15 is 0 Å². The van der Waals surface area contributed by atoms with Gasteiger partial charge in [0.1, 0.15) is 17.5 Å². The second-order valence-corrected chi connectivity index (χ2v) is 12.6. The summed E-state index contributed by atoms with van der Waals surface area (Å²) in [6.45, 7) is -0.646. The number of imide groups is 1. The number of aromatic hydroxyl groups is 1. The van der Waals surface area contributed by atoms with Crippen LogP contribution < -0.4 is 15.1 Å². The highest BCUT2D eigenvalue weighted by Crippen LogP contribution is 2.54. The molecular formula is C30H19F6N3O5S2. The van der Waals surface area contributed by atoms with Crippen LogP contribution in [0, 0.1) is 5.92 Å². The minimum absolute atomic E-state index is 0.109. The highest BCUT2D eigenvalue weighted by Gasteiger charge is 2.57. The largest absolute Gasteiger partial charge is 0.508 e. The molecule has 0 spiro atoms. The number of rotatable bonds is 5. The standard InChI is InChI=1S/C30H19F6N3O5S2/c31-29(32,33)15-3-1-5-17(11-15)37-20(41)13-38-27-24(46-28(38)44)21(14-7-9-19(40)10-8-14)22-23(45-27)26(43)39(25(22)42)18-6-2-4-16(12-18)30(34,35)36/h1-12,21-23,40H,13H2,(H,37,41)/t21-,22?,23?/m0/s1. The topological polar surface area (TPSA) is 109 Å². The summed E-state index contributed by atoms with van der Waals surface area (Å²) in [4.78, 5) is 54.2. The van der Waals surface area contributed by atoms with Crippen molar-refractivity contribution in [3.63, 3.8) is 0 Å². The Bertz CT molecular complexity index is 1940. The number of halogens is 6. The molecule has 0 aliphatic carbocycles. The Kier molecular flexibility index (Phi) is 7.75. The number of hydrogen-bond donors (Lipinski definition) is 2. The van der Waals surface area contributed by atoms with Crippen molar-refractivity contribution in [2.75, 3.05) is 10.2 Å². The maximum atomic E-state index is 13.9. The number of alkyl halides is 6. The molecule has 0 radical (unpaired) electrons. The highest BCUT2D eigenvalue weighted by molar-refractivity contribution is 8.00. The van der Waals surface area contributed by atoms with Crippen molar-refractivity contribution in [3.05, 3.63) is 104 Å². The molecule has 0 bridgehead atoms. The van der Waals surface area contributed by atoms with Gasteiger partial charge in [0.05, 0.1) is 27.8 Å². The molecule has 3 atom stereocenters. The molecule has 4 aromatic rings. The van der Waals surface area contributed by atoms with Crippen molar-refractivity contribution >= 4 is 52.2 Å². The van der Waals surface area contributed by atoms with Crippen molar-refractivity contribution < 1.29 is 45.8 Å². The first-order chi connectivity index (χ1) is 21.6. The third-order valence-electron chi connectivity index (χ3n) is 7.51. The lowest BCUT2D eigenvalue weighted by Crippen LogP contribution is -2.33. The fraction of sp³-hybridized carbons (Fsp3) is 0.200.